The van der Waals surface area contributed by atoms with Crippen molar-refractivity contribution in [3.63, 3.8) is 0 Å². The molecule has 1 N–H and O–H groups in total. The lowest BCUT2D eigenvalue weighted by molar-refractivity contribution is -0.119. The summed E-state index contributed by atoms with van der Waals surface area (Å²) < 4.78 is 0. The molecule has 1 fully saturated rings. The number of nitrogens with zero attached hydrogens (tertiary/aromatic N) is 1. The predicted molar refractivity (Wildman–Crippen MR) is 52.1 cm³/mol. The van der Waals surface area contributed by atoms with E-state index in [1.54, 1.807) is 11.0 Å². The maximum atomic E-state index is 11.5. The highest BCUT2D eigenvalue weighted by Crippen LogP contribution is 2.17. The van der Waals surface area contributed by atoms with Crippen molar-refractivity contribution in [1.29, 1.82) is 0 Å². The number of anilines is 1. The molecule has 1 aliphatic rings. The summed E-state index contributed by atoms with van der Waals surface area (Å²) in [5.41, 5.74) is 0.291. The van der Waals surface area contributed by atoms with E-state index in [0.29, 0.717) is 18.7 Å². The van der Waals surface area contributed by atoms with Crippen LogP contribution in [0.4, 0.5) is 5.69 Å². The number of hydrogen-bond acceptors (Lipinski definition) is 2. The number of amides is 1. The number of carbonyl (C=O) groups is 1. The SMILES string of the molecule is O=C1CCCCN1c1[c]c(=O)[nH]cc1. The highest BCUT2D eigenvalue weighted by molar-refractivity contribution is 5.93. The number of hydrogen-bond donors (Lipinski definition) is 1. The maximum absolute atomic E-state index is 11.5. The molecule has 0 bridgehead atoms. The van der Waals surface area contributed by atoms with Gasteiger partial charge in [-0.1, -0.05) is 0 Å². The molecule has 0 aromatic carbocycles. The lowest BCUT2D eigenvalue weighted by Gasteiger charge is -2.26. The second-order valence-electron chi connectivity index (χ2n) is 3.32. The highest BCUT2D eigenvalue weighted by atomic mass is 16.2. The van der Waals surface area contributed by atoms with Gasteiger partial charge in [0.1, 0.15) is 0 Å². The second kappa shape index (κ2) is 3.65. The molecule has 4 heteroatoms. The normalized spacial score (nSPS) is 17.1. The molecule has 2 heterocycles. The van der Waals surface area contributed by atoms with Crippen LogP contribution in [0.1, 0.15) is 19.3 Å². The van der Waals surface area contributed by atoms with Gasteiger partial charge in [-0.3, -0.25) is 9.59 Å². The van der Waals surface area contributed by atoms with E-state index in [-0.39, 0.29) is 11.5 Å². The number of rotatable bonds is 1. The van der Waals surface area contributed by atoms with Gasteiger partial charge in [-0.2, -0.15) is 0 Å². The van der Waals surface area contributed by atoms with Gasteiger partial charge in [-0.05, 0) is 18.9 Å². The molecule has 0 unspecified atom stereocenters. The van der Waals surface area contributed by atoms with Crippen molar-refractivity contribution >= 4 is 11.6 Å². The zero-order valence-corrected chi connectivity index (χ0v) is 7.75. The molecular weight excluding hydrogens is 180 g/mol. The molecular formula is C10H11N2O2. The van der Waals surface area contributed by atoms with Gasteiger partial charge < -0.3 is 9.88 Å². The van der Waals surface area contributed by atoms with Gasteiger partial charge in [-0.15, -0.1) is 0 Å². The minimum Gasteiger partial charge on any atom is -0.328 e. The third-order valence-corrected chi connectivity index (χ3v) is 2.31. The minimum absolute atomic E-state index is 0.0816. The Hall–Kier alpha value is -1.58. The van der Waals surface area contributed by atoms with Crippen molar-refractivity contribution in [3.05, 3.63) is 28.7 Å². The van der Waals surface area contributed by atoms with Crippen LogP contribution in [0, 0.1) is 6.07 Å². The molecule has 0 atom stereocenters. The Labute approximate surface area is 81.6 Å². The van der Waals surface area contributed by atoms with Crippen LogP contribution >= 0.6 is 0 Å². The largest absolute Gasteiger partial charge is 0.328 e. The zero-order chi connectivity index (χ0) is 9.97. The van der Waals surface area contributed by atoms with Crippen LogP contribution < -0.4 is 10.5 Å². The molecule has 1 saturated heterocycles. The monoisotopic (exact) mass is 191 g/mol. The van der Waals surface area contributed by atoms with E-state index in [1.165, 1.54) is 6.20 Å². The van der Waals surface area contributed by atoms with Crippen molar-refractivity contribution < 1.29 is 4.79 Å². The molecule has 2 rings (SSSR count). The van der Waals surface area contributed by atoms with Gasteiger partial charge >= 0.3 is 0 Å². The Morgan fingerprint density at radius 2 is 2.21 bits per heavy atom. The van der Waals surface area contributed by atoms with Gasteiger partial charge in [0.25, 0.3) is 5.56 Å². The lowest BCUT2D eigenvalue weighted by Crippen LogP contribution is -2.35. The number of aromatic nitrogens is 1. The van der Waals surface area contributed by atoms with E-state index >= 15 is 0 Å². The fourth-order valence-electron chi connectivity index (χ4n) is 1.61. The molecule has 73 valence electrons. The number of piperidine rings is 1. The lowest BCUT2D eigenvalue weighted by atomic mass is 10.1. The standard InChI is InChI=1S/C10H11N2O2/c13-9-7-8(4-5-11-9)12-6-2-1-3-10(12)14/h4-5H,1-3,6H2,(H,11,13). The summed E-state index contributed by atoms with van der Waals surface area (Å²) >= 11 is 0. The van der Waals surface area contributed by atoms with E-state index in [9.17, 15) is 9.59 Å². The van der Waals surface area contributed by atoms with Crippen molar-refractivity contribution in [2.45, 2.75) is 19.3 Å². The molecule has 1 aromatic heterocycles. The Bertz CT molecular complexity index is 397. The van der Waals surface area contributed by atoms with Crippen LogP contribution in [0.3, 0.4) is 0 Å². The number of nitrogens with one attached hydrogen (secondary N) is 1. The summed E-state index contributed by atoms with van der Waals surface area (Å²) in [6.07, 6.45) is 4.04. The smallest absolute Gasteiger partial charge is 0.258 e. The van der Waals surface area contributed by atoms with E-state index < -0.39 is 0 Å². The molecule has 0 saturated carbocycles. The molecule has 4 nitrogen and oxygen atoms in total. The van der Waals surface area contributed by atoms with Crippen LogP contribution in [0.25, 0.3) is 0 Å². The van der Waals surface area contributed by atoms with Gasteiger partial charge in [0.15, 0.2) is 0 Å². The van der Waals surface area contributed by atoms with Gasteiger partial charge in [0.05, 0.1) is 11.8 Å². The van der Waals surface area contributed by atoms with E-state index in [4.69, 9.17) is 0 Å². The van der Waals surface area contributed by atoms with Crippen LogP contribution in [-0.2, 0) is 4.79 Å². The molecule has 1 aliphatic heterocycles. The van der Waals surface area contributed by atoms with Gasteiger partial charge in [0, 0.05) is 19.2 Å². The number of aromatic amines is 1. The molecule has 1 aromatic rings. The van der Waals surface area contributed by atoms with Crippen LogP contribution in [0.2, 0.25) is 0 Å². The first-order chi connectivity index (χ1) is 6.77. The summed E-state index contributed by atoms with van der Waals surface area (Å²) in [7, 11) is 0. The summed E-state index contributed by atoms with van der Waals surface area (Å²) in [5, 5.41) is 0. The average molecular weight is 191 g/mol. The van der Waals surface area contributed by atoms with Gasteiger partial charge in [0.2, 0.25) is 5.91 Å². The first-order valence-corrected chi connectivity index (χ1v) is 4.69. The van der Waals surface area contributed by atoms with Crippen LogP contribution in [0.5, 0.6) is 0 Å². The summed E-state index contributed by atoms with van der Waals surface area (Å²) in [4.78, 5) is 26.6. The van der Waals surface area contributed by atoms with Crippen LogP contribution in [0.15, 0.2) is 17.1 Å². The third-order valence-electron chi connectivity index (χ3n) is 2.31. The van der Waals surface area contributed by atoms with Crippen molar-refractivity contribution in [3.8, 4) is 0 Å². The summed E-state index contributed by atoms with van der Waals surface area (Å²) in [6, 6.07) is 4.30. The zero-order valence-electron chi connectivity index (χ0n) is 7.75. The number of pyridine rings is 1. The van der Waals surface area contributed by atoms with Crippen LogP contribution in [-0.4, -0.2) is 17.4 Å². The van der Waals surface area contributed by atoms with E-state index in [1.807, 2.05) is 0 Å². The molecule has 0 spiro atoms. The number of H-pyrrole nitrogens is 1. The topological polar surface area (TPSA) is 53.2 Å². The second-order valence-corrected chi connectivity index (χ2v) is 3.32. The van der Waals surface area contributed by atoms with Crippen molar-refractivity contribution in [2.24, 2.45) is 0 Å². The fraction of sp³-hybridized carbons (Fsp3) is 0.400. The predicted octanol–water partition coefficient (Wildman–Crippen LogP) is 0.692. The van der Waals surface area contributed by atoms with Crippen molar-refractivity contribution in [1.82, 2.24) is 4.98 Å². The molecule has 0 aliphatic carbocycles. The summed E-state index contributed by atoms with van der Waals surface area (Å²) in [6.45, 7) is 0.693. The van der Waals surface area contributed by atoms with E-state index in [0.717, 1.165) is 12.8 Å². The summed E-state index contributed by atoms with van der Waals surface area (Å²) in [5.74, 6) is 0.0816. The quantitative estimate of drug-likeness (QED) is 0.710. The Balaban J connectivity index is 2.29. The van der Waals surface area contributed by atoms with E-state index in [2.05, 4.69) is 11.1 Å². The average Bonchev–Trinajstić information content (AvgIpc) is 2.18. The molecule has 1 amide bonds. The maximum Gasteiger partial charge on any atom is 0.258 e. The molecule has 14 heavy (non-hydrogen) atoms. The first-order valence-electron chi connectivity index (χ1n) is 4.69. The third kappa shape index (κ3) is 1.69. The molecule has 1 radical (unpaired) electrons. The number of carbonyl (C=O) groups excluding carboxylic acids is 1. The fourth-order valence-corrected chi connectivity index (χ4v) is 1.61. The highest BCUT2D eigenvalue weighted by Gasteiger charge is 2.19. The van der Waals surface area contributed by atoms with Gasteiger partial charge in [-0.25, -0.2) is 0 Å². The Morgan fingerprint density at radius 1 is 1.36 bits per heavy atom. The Kier molecular flexibility index (Phi) is 2.35. The first kappa shape index (κ1) is 8.99. The van der Waals surface area contributed by atoms with Crippen molar-refractivity contribution in [2.75, 3.05) is 11.4 Å². The minimum atomic E-state index is -0.291. The Morgan fingerprint density at radius 3 is 2.93 bits per heavy atom.